The Morgan fingerprint density at radius 3 is 2.58 bits per heavy atom. The van der Waals surface area contributed by atoms with E-state index in [1.54, 1.807) is 7.11 Å². The molecule has 1 fully saturated rings. The molecule has 6 rings (SSSR count). The zero-order valence-electron chi connectivity index (χ0n) is 20.6. The number of likely N-dealkylation sites (tertiary alicyclic amines) is 1. The second kappa shape index (κ2) is 10.1. The average molecular weight is 479 g/mol. The largest absolute Gasteiger partial charge is 0.491 e. The Hall–Kier alpha value is -3.74. The highest BCUT2D eigenvalue weighted by atomic mass is 16.5. The molecule has 0 bridgehead atoms. The minimum absolute atomic E-state index is 0.511. The van der Waals surface area contributed by atoms with Gasteiger partial charge in [-0.15, -0.1) is 0 Å². The zero-order valence-corrected chi connectivity index (χ0v) is 20.6. The van der Waals surface area contributed by atoms with Gasteiger partial charge in [-0.3, -0.25) is 9.47 Å². The molecule has 0 unspecified atom stereocenters. The van der Waals surface area contributed by atoms with Gasteiger partial charge in [0.1, 0.15) is 24.5 Å². The summed E-state index contributed by atoms with van der Waals surface area (Å²) in [6, 6.07) is 25.5. The van der Waals surface area contributed by atoms with Crippen LogP contribution in [0.3, 0.4) is 0 Å². The minimum Gasteiger partial charge on any atom is -0.491 e. The lowest BCUT2D eigenvalue weighted by atomic mass is 10.0. The number of methoxy groups -OCH3 is 1. The van der Waals surface area contributed by atoms with Crippen LogP contribution in [0.2, 0.25) is 0 Å². The number of hydrogen-bond acceptors (Lipinski definition) is 5. The number of hydrogen-bond donors (Lipinski definition) is 0. The van der Waals surface area contributed by atoms with Crippen molar-refractivity contribution in [3.05, 3.63) is 84.7 Å². The lowest BCUT2D eigenvalue weighted by Gasteiger charge is -2.15. The van der Waals surface area contributed by atoms with E-state index >= 15 is 0 Å². The molecule has 1 saturated heterocycles. The van der Waals surface area contributed by atoms with Crippen LogP contribution in [0.1, 0.15) is 18.4 Å². The van der Waals surface area contributed by atoms with E-state index in [1.807, 2.05) is 29.1 Å². The number of ether oxygens (including phenoxy) is 2. The van der Waals surface area contributed by atoms with E-state index in [-0.39, 0.29) is 0 Å². The Labute approximate surface area is 211 Å². The molecule has 0 N–H and O–H groups in total. The third kappa shape index (κ3) is 4.57. The molecule has 1 aliphatic rings. The van der Waals surface area contributed by atoms with Gasteiger partial charge < -0.3 is 9.47 Å². The van der Waals surface area contributed by atoms with E-state index < -0.39 is 0 Å². The van der Waals surface area contributed by atoms with Crippen LogP contribution in [0.5, 0.6) is 5.75 Å². The second-order valence-corrected chi connectivity index (χ2v) is 9.33. The minimum atomic E-state index is 0.511. The van der Waals surface area contributed by atoms with Gasteiger partial charge in [-0.1, -0.05) is 42.5 Å². The summed E-state index contributed by atoms with van der Waals surface area (Å²) in [4.78, 5) is 12.2. The van der Waals surface area contributed by atoms with Gasteiger partial charge in [-0.25, -0.2) is 9.97 Å². The number of aromatic nitrogens is 3. The molecule has 182 valence electrons. The van der Waals surface area contributed by atoms with Crippen molar-refractivity contribution < 1.29 is 9.47 Å². The molecule has 3 heterocycles. The summed E-state index contributed by atoms with van der Waals surface area (Å²) in [6.07, 6.45) is 4.46. The van der Waals surface area contributed by atoms with E-state index in [2.05, 4.69) is 64.5 Å². The number of para-hydroxylation sites is 1. The van der Waals surface area contributed by atoms with Gasteiger partial charge in [-0.05, 0) is 61.3 Å². The SMILES string of the molecule is COCCOc1ccc2c(c1)ncn2-c1ccc2cccc(-c3ccc(CN4CCCC4)cc3)c2n1. The van der Waals surface area contributed by atoms with Crippen LogP contribution < -0.4 is 4.74 Å². The average Bonchev–Trinajstić information content (AvgIpc) is 3.58. The fourth-order valence-corrected chi connectivity index (χ4v) is 5.00. The molecule has 0 spiro atoms. The summed E-state index contributed by atoms with van der Waals surface area (Å²) in [7, 11) is 1.67. The van der Waals surface area contributed by atoms with Crippen LogP contribution >= 0.6 is 0 Å². The Morgan fingerprint density at radius 1 is 0.889 bits per heavy atom. The maximum Gasteiger partial charge on any atom is 0.139 e. The maximum absolute atomic E-state index is 5.74. The van der Waals surface area contributed by atoms with Crippen molar-refractivity contribution in [2.45, 2.75) is 19.4 Å². The number of nitrogens with zero attached hydrogens (tertiary/aromatic N) is 4. The fourth-order valence-electron chi connectivity index (χ4n) is 5.00. The van der Waals surface area contributed by atoms with Crippen LogP contribution in [0.25, 0.3) is 38.9 Å². The number of rotatable bonds is 8. The molecule has 0 saturated carbocycles. The number of pyridine rings is 1. The van der Waals surface area contributed by atoms with Crippen molar-refractivity contribution in [2.75, 3.05) is 33.4 Å². The first-order valence-corrected chi connectivity index (χ1v) is 12.6. The van der Waals surface area contributed by atoms with Crippen molar-refractivity contribution in [3.63, 3.8) is 0 Å². The molecule has 3 aromatic carbocycles. The van der Waals surface area contributed by atoms with Crippen molar-refractivity contribution in [3.8, 4) is 22.7 Å². The van der Waals surface area contributed by atoms with Crippen molar-refractivity contribution in [1.82, 2.24) is 19.4 Å². The van der Waals surface area contributed by atoms with Gasteiger partial charge in [0.15, 0.2) is 0 Å². The van der Waals surface area contributed by atoms with Crippen molar-refractivity contribution >= 4 is 21.9 Å². The standard InChI is InChI=1S/C30H30N4O2/c1-35-17-18-36-25-12-13-28-27(19-25)31-21-34(28)29-14-11-24-5-4-6-26(30(24)32-29)23-9-7-22(8-10-23)20-33-15-2-3-16-33/h4-14,19,21H,2-3,15-18,20H2,1H3. The molecule has 2 aromatic heterocycles. The van der Waals surface area contributed by atoms with Gasteiger partial charge in [-0.2, -0.15) is 0 Å². The van der Waals surface area contributed by atoms with Crippen LogP contribution in [0, 0.1) is 0 Å². The predicted octanol–water partition coefficient (Wildman–Crippen LogP) is 5.86. The predicted molar refractivity (Wildman–Crippen MR) is 144 cm³/mol. The van der Waals surface area contributed by atoms with Crippen LogP contribution in [-0.2, 0) is 11.3 Å². The summed E-state index contributed by atoms with van der Waals surface area (Å²) in [5, 5.41) is 1.12. The van der Waals surface area contributed by atoms with Gasteiger partial charge in [0.2, 0.25) is 0 Å². The van der Waals surface area contributed by atoms with Gasteiger partial charge >= 0.3 is 0 Å². The summed E-state index contributed by atoms with van der Waals surface area (Å²) < 4.78 is 12.8. The van der Waals surface area contributed by atoms with Crippen LogP contribution in [0.4, 0.5) is 0 Å². The summed E-state index contributed by atoms with van der Waals surface area (Å²) in [5.74, 6) is 1.63. The Balaban J connectivity index is 1.32. The van der Waals surface area contributed by atoms with Gasteiger partial charge in [0.05, 0.1) is 23.2 Å². The molecular weight excluding hydrogens is 448 g/mol. The van der Waals surface area contributed by atoms with E-state index in [0.717, 1.165) is 45.6 Å². The number of fused-ring (bicyclic) bond motifs is 2. The molecule has 0 amide bonds. The van der Waals surface area contributed by atoms with Crippen molar-refractivity contribution in [1.29, 1.82) is 0 Å². The third-order valence-electron chi connectivity index (χ3n) is 6.90. The van der Waals surface area contributed by atoms with E-state index in [1.165, 1.54) is 37.1 Å². The zero-order chi connectivity index (χ0) is 24.3. The lowest BCUT2D eigenvalue weighted by molar-refractivity contribution is 0.146. The molecule has 0 radical (unpaired) electrons. The highest BCUT2D eigenvalue weighted by Crippen LogP contribution is 2.30. The second-order valence-electron chi connectivity index (χ2n) is 9.33. The normalized spacial score (nSPS) is 14.1. The molecule has 5 aromatic rings. The van der Waals surface area contributed by atoms with Crippen LogP contribution in [-0.4, -0.2) is 52.8 Å². The monoisotopic (exact) mass is 478 g/mol. The smallest absolute Gasteiger partial charge is 0.139 e. The molecule has 6 nitrogen and oxygen atoms in total. The molecule has 6 heteroatoms. The van der Waals surface area contributed by atoms with Gasteiger partial charge in [0, 0.05) is 30.7 Å². The third-order valence-corrected chi connectivity index (χ3v) is 6.90. The topological polar surface area (TPSA) is 52.4 Å². The molecular formula is C30H30N4O2. The Kier molecular flexibility index (Phi) is 6.36. The maximum atomic E-state index is 5.74. The van der Waals surface area contributed by atoms with E-state index in [0.29, 0.717) is 13.2 Å². The number of imidazole rings is 1. The quantitative estimate of drug-likeness (QED) is 0.261. The number of benzene rings is 3. The van der Waals surface area contributed by atoms with E-state index in [4.69, 9.17) is 14.5 Å². The Morgan fingerprint density at radius 2 is 1.75 bits per heavy atom. The molecule has 1 aliphatic heterocycles. The fraction of sp³-hybridized carbons (Fsp3) is 0.267. The molecule has 36 heavy (non-hydrogen) atoms. The summed E-state index contributed by atoms with van der Waals surface area (Å²) in [5.41, 5.74) is 6.54. The molecule has 0 aliphatic carbocycles. The van der Waals surface area contributed by atoms with Crippen molar-refractivity contribution in [2.24, 2.45) is 0 Å². The molecule has 0 atom stereocenters. The lowest BCUT2D eigenvalue weighted by Crippen LogP contribution is -2.18. The summed E-state index contributed by atoms with van der Waals surface area (Å²) >= 11 is 0. The van der Waals surface area contributed by atoms with E-state index in [9.17, 15) is 0 Å². The Bertz CT molecular complexity index is 1490. The highest BCUT2D eigenvalue weighted by molar-refractivity contribution is 5.94. The van der Waals surface area contributed by atoms with Crippen LogP contribution in [0.15, 0.2) is 79.1 Å². The first-order valence-electron chi connectivity index (χ1n) is 12.6. The summed E-state index contributed by atoms with van der Waals surface area (Å²) in [6.45, 7) is 4.52. The van der Waals surface area contributed by atoms with Gasteiger partial charge in [0.25, 0.3) is 0 Å². The first kappa shape index (κ1) is 22.7. The first-order chi connectivity index (χ1) is 17.8. The highest BCUT2D eigenvalue weighted by Gasteiger charge is 2.13.